The van der Waals surface area contributed by atoms with Gasteiger partial charge in [-0.3, -0.25) is 0 Å². The lowest BCUT2D eigenvalue weighted by Gasteiger charge is -2.00. The number of hydrogen-bond donors (Lipinski definition) is 1. The monoisotopic (exact) mass is 241 g/mol. The molecule has 4 nitrogen and oxygen atoms in total. The van der Waals surface area contributed by atoms with Gasteiger partial charge >= 0.3 is 0 Å². The molecule has 0 bridgehead atoms. The van der Waals surface area contributed by atoms with Gasteiger partial charge in [-0.2, -0.15) is 4.98 Å². The summed E-state index contributed by atoms with van der Waals surface area (Å²) in [6, 6.07) is 4.78. The van der Waals surface area contributed by atoms with Gasteiger partial charge in [0.05, 0.1) is 11.6 Å². The maximum atomic E-state index is 13.5. The van der Waals surface area contributed by atoms with Crippen LogP contribution in [0.1, 0.15) is 17.3 Å². The van der Waals surface area contributed by atoms with Gasteiger partial charge in [0, 0.05) is 6.42 Å². The fraction of sp³-hybridized carbons (Fsp3) is 0.200. The molecule has 0 amide bonds. The van der Waals surface area contributed by atoms with Crippen molar-refractivity contribution in [2.75, 3.05) is 0 Å². The number of hydrogen-bond acceptors (Lipinski definition) is 4. The maximum Gasteiger partial charge on any atom is 0.240 e. The van der Waals surface area contributed by atoms with E-state index in [2.05, 4.69) is 10.1 Å². The Bertz CT molecular complexity index is 501. The molecule has 0 aliphatic rings. The summed E-state index contributed by atoms with van der Waals surface area (Å²) in [7, 11) is 0. The molecule has 1 heterocycles. The van der Waals surface area contributed by atoms with Crippen LogP contribution in [0.25, 0.3) is 0 Å². The van der Waals surface area contributed by atoms with Gasteiger partial charge < -0.3 is 10.3 Å². The largest absolute Gasteiger partial charge is 0.338 e. The van der Waals surface area contributed by atoms with Crippen molar-refractivity contribution in [3.63, 3.8) is 0 Å². The maximum absolute atomic E-state index is 13.5. The van der Waals surface area contributed by atoms with E-state index in [1.54, 1.807) is 12.1 Å². The number of nitrogens with zero attached hydrogens (tertiary/aromatic N) is 2. The Balaban J connectivity index is 2.23. The summed E-state index contributed by atoms with van der Waals surface area (Å²) in [6.07, 6.45) is 0.232. The average Bonchev–Trinajstić information content (AvgIpc) is 2.73. The molecule has 0 fully saturated rings. The Hall–Kier alpha value is -1.46. The molecule has 2 aromatic rings. The summed E-state index contributed by atoms with van der Waals surface area (Å²) in [5, 5.41) is 3.76. The van der Waals surface area contributed by atoms with Crippen molar-refractivity contribution in [1.82, 2.24) is 10.1 Å². The zero-order valence-electron chi connectivity index (χ0n) is 8.28. The number of benzene rings is 1. The van der Waals surface area contributed by atoms with Crippen LogP contribution in [0.2, 0.25) is 5.02 Å². The van der Waals surface area contributed by atoms with E-state index in [1.165, 1.54) is 6.07 Å². The van der Waals surface area contributed by atoms with Gasteiger partial charge in [0.1, 0.15) is 5.82 Å². The normalized spacial score (nSPS) is 10.7. The van der Waals surface area contributed by atoms with Gasteiger partial charge in [0.15, 0.2) is 5.82 Å². The minimum absolute atomic E-state index is 0.0834. The predicted molar refractivity (Wildman–Crippen MR) is 56.4 cm³/mol. The molecule has 6 heteroatoms. The van der Waals surface area contributed by atoms with Gasteiger partial charge in [-0.1, -0.05) is 28.9 Å². The number of aromatic nitrogens is 2. The molecule has 1 aromatic heterocycles. The van der Waals surface area contributed by atoms with Crippen molar-refractivity contribution in [1.29, 1.82) is 0 Å². The van der Waals surface area contributed by atoms with Crippen LogP contribution in [-0.4, -0.2) is 10.1 Å². The Morgan fingerprint density at radius 2 is 2.25 bits per heavy atom. The van der Waals surface area contributed by atoms with Crippen LogP contribution in [0, 0.1) is 5.82 Å². The average molecular weight is 242 g/mol. The lowest BCUT2D eigenvalue weighted by Crippen LogP contribution is -1.98. The Morgan fingerprint density at radius 1 is 1.44 bits per heavy atom. The van der Waals surface area contributed by atoms with Crippen molar-refractivity contribution >= 4 is 11.6 Å². The van der Waals surface area contributed by atoms with Crippen molar-refractivity contribution in [2.45, 2.75) is 13.0 Å². The van der Waals surface area contributed by atoms with Crippen LogP contribution in [0.4, 0.5) is 4.39 Å². The van der Waals surface area contributed by atoms with Crippen LogP contribution >= 0.6 is 11.6 Å². The second-order valence-electron chi connectivity index (χ2n) is 3.20. The molecule has 0 spiro atoms. The molecule has 0 aliphatic carbocycles. The van der Waals surface area contributed by atoms with Gasteiger partial charge in [-0.25, -0.2) is 4.39 Å². The Kier molecular flexibility index (Phi) is 3.17. The molecule has 2 N–H and O–H groups in total. The van der Waals surface area contributed by atoms with Crippen molar-refractivity contribution in [2.24, 2.45) is 5.73 Å². The lowest BCUT2D eigenvalue weighted by molar-refractivity contribution is 0.375. The second-order valence-corrected chi connectivity index (χ2v) is 3.61. The fourth-order valence-corrected chi connectivity index (χ4v) is 1.49. The Morgan fingerprint density at radius 3 is 2.94 bits per heavy atom. The molecule has 0 atom stereocenters. The highest BCUT2D eigenvalue weighted by Crippen LogP contribution is 2.19. The van der Waals surface area contributed by atoms with Crippen LogP contribution in [0.15, 0.2) is 22.7 Å². The molecular formula is C10H9ClFN3O. The fourth-order valence-electron chi connectivity index (χ4n) is 1.30. The Labute approximate surface area is 96.2 Å². The number of nitrogens with two attached hydrogens (primary N) is 1. The lowest BCUT2D eigenvalue weighted by atomic mass is 10.1. The molecule has 0 saturated carbocycles. The minimum Gasteiger partial charge on any atom is -0.338 e. The zero-order chi connectivity index (χ0) is 11.5. The summed E-state index contributed by atoms with van der Waals surface area (Å²) in [5.41, 5.74) is 5.75. The molecule has 16 heavy (non-hydrogen) atoms. The van der Waals surface area contributed by atoms with Crippen LogP contribution in [0.5, 0.6) is 0 Å². The first kappa shape index (κ1) is 11.0. The first-order valence-electron chi connectivity index (χ1n) is 4.65. The molecule has 0 unspecified atom stereocenters. The SMILES string of the molecule is NCc1nc(Cc2cccc(Cl)c2F)no1. The van der Waals surface area contributed by atoms with Gasteiger partial charge in [-0.05, 0) is 11.6 Å². The van der Waals surface area contributed by atoms with Crippen molar-refractivity contribution in [3.05, 3.63) is 46.3 Å². The van der Waals surface area contributed by atoms with Crippen LogP contribution < -0.4 is 5.73 Å². The minimum atomic E-state index is -0.455. The van der Waals surface area contributed by atoms with E-state index < -0.39 is 5.82 Å². The predicted octanol–water partition coefficient (Wildman–Crippen LogP) is 1.91. The quantitative estimate of drug-likeness (QED) is 0.892. The highest BCUT2D eigenvalue weighted by atomic mass is 35.5. The van der Waals surface area contributed by atoms with E-state index in [-0.39, 0.29) is 18.0 Å². The van der Waals surface area contributed by atoms with Crippen molar-refractivity contribution < 1.29 is 8.91 Å². The standard InChI is InChI=1S/C10H9ClFN3O/c11-7-3-1-2-6(10(7)12)4-8-14-9(5-13)16-15-8/h1-3H,4-5,13H2. The number of halogens is 2. The van der Waals surface area contributed by atoms with Gasteiger partial charge in [0.25, 0.3) is 0 Å². The first-order valence-corrected chi connectivity index (χ1v) is 5.03. The first-order chi connectivity index (χ1) is 7.70. The summed E-state index contributed by atoms with van der Waals surface area (Å²) < 4.78 is 18.3. The third kappa shape index (κ3) is 2.20. The molecule has 0 aliphatic heterocycles. The molecule has 84 valence electrons. The highest BCUT2D eigenvalue weighted by molar-refractivity contribution is 6.30. The van der Waals surface area contributed by atoms with Crippen LogP contribution in [0.3, 0.4) is 0 Å². The smallest absolute Gasteiger partial charge is 0.240 e. The molecule has 0 radical (unpaired) electrons. The van der Waals surface area contributed by atoms with Crippen LogP contribution in [-0.2, 0) is 13.0 Å². The third-order valence-electron chi connectivity index (χ3n) is 2.06. The molecular weight excluding hydrogens is 233 g/mol. The van der Waals surface area contributed by atoms with E-state index in [0.29, 0.717) is 17.3 Å². The summed E-state index contributed by atoms with van der Waals surface area (Å²) in [5.74, 6) is 0.266. The van der Waals surface area contributed by atoms with Gasteiger partial charge in [-0.15, -0.1) is 0 Å². The number of rotatable bonds is 3. The summed E-state index contributed by atoms with van der Waals surface area (Å²) in [4.78, 5) is 3.98. The summed E-state index contributed by atoms with van der Waals surface area (Å²) >= 11 is 5.65. The summed E-state index contributed by atoms with van der Waals surface area (Å²) in [6.45, 7) is 0.172. The molecule has 2 rings (SSSR count). The topological polar surface area (TPSA) is 64.9 Å². The van der Waals surface area contributed by atoms with E-state index in [9.17, 15) is 4.39 Å². The van der Waals surface area contributed by atoms with Gasteiger partial charge in [0.2, 0.25) is 5.89 Å². The van der Waals surface area contributed by atoms with E-state index in [4.69, 9.17) is 21.9 Å². The molecule has 1 aromatic carbocycles. The molecule has 0 saturated heterocycles. The third-order valence-corrected chi connectivity index (χ3v) is 2.36. The van der Waals surface area contributed by atoms with E-state index in [0.717, 1.165) is 0 Å². The van der Waals surface area contributed by atoms with Crippen molar-refractivity contribution in [3.8, 4) is 0 Å². The van der Waals surface area contributed by atoms with E-state index in [1.807, 2.05) is 0 Å². The highest BCUT2D eigenvalue weighted by Gasteiger charge is 2.10. The second kappa shape index (κ2) is 4.59. The van der Waals surface area contributed by atoms with E-state index >= 15 is 0 Å². The zero-order valence-corrected chi connectivity index (χ0v) is 9.04.